The summed E-state index contributed by atoms with van der Waals surface area (Å²) in [7, 11) is 2.16. The minimum atomic E-state index is 0.600. The highest BCUT2D eigenvalue weighted by molar-refractivity contribution is 4.78. The number of hydrogen-bond donors (Lipinski definition) is 1. The van der Waals surface area contributed by atoms with Gasteiger partial charge in [-0.25, -0.2) is 0 Å². The summed E-state index contributed by atoms with van der Waals surface area (Å²) in [5.41, 5.74) is 0. The minimum absolute atomic E-state index is 0.600. The van der Waals surface area contributed by atoms with E-state index in [1.165, 1.54) is 0 Å². The van der Waals surface area contributed by atoms with E-state index in [1.807, 2.05) is 6.08 Å². The molecule has 0 saturated heterocycles. The Morgan fingerprint density at radius 3 is 2.27 bits per heavy atom. The fraction of sp³-hybridized carbons (Fsp3) is 0.846. The summed E-state index contributed by atoms with van der Waals surface area (Å²) in [6, 6.07) is 0.600. The molecule has 0 heterocycles. The first-order chi connectivity index (χ1) is 6.99. The molecule has 0 fully saturated rings. The van der Waals surface area contributed by atoms with Crippen LogP contribution in [-0.2, 0) is 0 Å². The van der Waals surface area contributed by atoms with Crippen LogP contribution in [0.1, 0.15) is 27.7 Å². The van der Waals surface area contributed by atoms with Crippen LogP contribution in [0, 0.1) is 11.8 Å². The summed E-state index contributed by atoms with van der Waals surface area (Å²) in [5, 5.41) is 3.51. The maximum absolute atomic E-state index is 3.77. The Morgan fingerprint density at radius 1 is 1.20 bits per heavy atom. The van der Waals surface area contributed by atoms with E-state index in [-0.39, 0.29) is 0 Å². The average Bonchev–Trinajstić information content (AvgIpc) is 2.16. The molecule has 0 aromatic heterocycles. The predicted octanol–water partition coefficient (Wildman–Crippen LogP) is 2.37. The van der Waals surface area contributed by atoms with Gasteiger partial charge in [0.25, 0.3) is 0 Å². The van der Waals surface area contributed by atoms with Crippen molar-refractivity contribution in [3.8, 4) is 0 Å². The molecule has 0 radical (unpaired) electrons. The van der Waals surface area contributed by atoms with Crippen LogP contribution in [0.15, 0.2) is 12.7 Å². The number of likely N-dealkylation sites (N-methyl/N-ethyl adjacent to an activating group) is 1. The number of nitrogens with one attached hydrogen (secondary N) is 1. The van der Waals surface area contributed by atoms with Crippen LogP contribution in [0.2, 0.25) is 0 Å². The Labute approximate surface area is 95.7 Å². The van der Waals surface area contributed by atoms with Crippen LogP contribution in [0.5, 0.6) is 0 Å². The van der Waals surface area contributed by atoms with Crippen LogP contribution in [-0.4, -0.2) is 37.6 Å². The van der Waals surface area contributed by atoms with Gasteiger partial charge in [-0.1, -0.05) is 26.8 Å². The Bertz CT molecular complexity index is 166. The molecule has 2 atom stereocenters. The summed E-state index contributed by atoms with van der Waals surface area (Å²) in [4.78, 5) is 2.34. The van der Waals surface area contributed by atoms with Crippen molar-refractivity contribution in [2.24, 2.45) is 11.8 Å². The zero-order valence-corrected chi connectivity index (χ0v) is 11.1. The Balaban J connectivity index is 3.77. The Morgan fingerprint density at radius 2 is 1.80 bits per heavy atom. The molecule has 0 aliphatic rings. The zero-order valence-electron chi connectivity index (χ0n) is 11.1. The first kappa shape index (κ1) is 14.7. The van der Waals surface area contributed by atoms with Gasteiger partial charge < -0.3 is 5.32 Å². The van der Waals surface area contributed by atoms with Crippen LogP contribution < -0.4 is 5.32 Å². The second-order valence-corrected chi connectivity index (χ2v) is 5.00. The van der Waals surface area contributed by atoms with Crippen molar-refractivity contribution in [1.82, 2.24) is 10.2 Å². The van der Waals surface area contributed by atoms with Gasteiger partial charge in [-0.15, -0.1) is 6.58 Å². The predicted molar refractivity (Wildman–Crippen MR) is 69.2 cm³/mol. The zero-order chi connectivity index (χ0) is 11.8. The van der Waals surface area contributed by atoms with Gasteiger partial charge in [-0.05, 0) is 38.9 Å². The molecule has 0 aromatic rings. The Kier molecular flexibility index (Phi) is 7.71. The fourth-order valence-electron chi connectivity index (χ4n) is 1.57. The minimum Gasteiger partial charge on any atom is -0.316 e. The molecule has 0 aliphatic carbocycles. The molecular weight excluding hydrogens is 184 g/mol. The molecule has 2 unspecified atom stereocenters. The van der Waals surface area contributed by atoms with Gasteiger partial charge in [-0.2, -0.15) is 0 Å². The van der Waals surface area contributed by atoms with Crippen LogP contribution in [0.3, 0.4) is 0 Å². The van der Waals surface area contributed by atoms with Gasteiger partial charge in [-0.3, -0.25) is 4.90 Å². The summed E-state index contributed by atoms with van der Waals surface area (Å²) < 4.78 is 0. The number of hydrogen-bond acceptors (Lipinski definition) is 2. The summed E-state index contributed by atoms with van der Waals surface area (Å²) in [5.74, 6) is 1.41. The Hall–Kier alpha value is -0.340. The normalized spacial score (nSPS) is 15.7. The quantitative estimate of drug-likeness (QED) is 0.621. The first-order valence-corrected chi connectivity index (χ1v) is 6.00. The molecule has 0 spiro atoms. The highest BCUT2D eigenvalue weighted by Crippen LogP contribution is 2.08. The van der Waals surface area contributed by atoms with Crippen molar-refractivity contribution in [1.29, 1.82) is 0 Å². The van der Waals surface area contributed by atoms with E-state index in [2.05, 4.69) is 51.5 Å². The van der Waals surface area contributed by atoms with Crippen molar-refractivity contribution in [2.45, 2.75) is 33.7 Å². The molecular formula is C13H28N2. The van der Waals surface area contributed by atoms with Gasteiger partial charge in [0.15, 0.2) is 0 Å². The smallest absolute Gasteiger partial charge is 0.0160 e. The lowest BCUT2D eigenvalue weighted by atomic mass is 10.0. The SMILES string of the molecule is C=CCN(C)C(C)C(C)CNCC(C)C. The number of nitrogens with zero attached hydrogens (tertiary/aromatic N) is 1. The maximum atomic E-state index is 3.77. The molecule has 2 nitrogen and oxygen atoms in total. The van der Waals surface area contributed by atoms with Crippen molar-refractivity contribution < 1.29 is 0 Å². The standard InChI is InChI=1S/C13H28N2/c1-7-8-15(6)13(5)12(4)10-14-9-11(2)3/h7,11-14H,1,8-10H2,2-6H3. The second-order valence-electron chi connectivity index (χ2n) is 5.00. The van der Waals surface area contributed by atoms with Crippen LogP contribution in [0.4, 0.5) is 0 Å². The summed E-state index contributed by atoms with van der Waals surface area (Å²) in [6.07, 6.45) is 1.96. The van der Waals surface area contributed by atoms with Crippen LogP contribution in [0.25, 0.3) is 0 Å². The van der Waals surface area contributed by atoms with E-state index in [0.29, 0.717) is 12.0 Å². The lowest BCUT2D eigenvalue weighted by Gasteiger charge is -2.29. The third-order valence-corrected chi connectivity index (χ3v) is 2.95. The van der Waals surface area contributed by atoms with Crippen molar-refractivity contribution in [3.05, 3.63) is 12.7 Å². The van der Waals surface area contributed by atoms with Crippen LogP contribution >= 0.6 is 0 Å². The van der Waals surface area contributed by atoms with Crippen molar-refractivity contribution >= 4 is 0 Å². The van der Waals surface area contributed by atoms with Crippen molar-refractivity contribution in [3.63, 3.8) is 0 Å². The first-order valence-electron chi connectivity index (χ1n) is 6.00. The molecule has 1 N–H and O–H groups in total. The van der Waals surface area contributed by atoms with Gasteiger partial charge in [0.2, 0.25) is 0 Å². The second kappa shape index (κ2) is 7.89. The molecule has 0 saturated carbocycles. The summed E-state index contributed by atoms with van der Waals surface area (Å²) in [6.45, 7) is 16.0. The highest BCUT2D eigenvalue weighted by Gasteiger charge is 2.15. The molecule has 0 bridgehead atoms. The topological polar surface area (TPSA) is 15.3 Å². The van der Waals surface area contributed by atoms with E-state index in [9.17, 15) is 0 Å². The molecule has 0 aliphatic heterocycles. The molecule has 2 heteroatoms. The maximum Gasteiger partial charge on any atom is 0.0160 e. The lowest BCUT2D eigenvalue weighted by molar-refractivity contribution is 0.213. The molecule has 0 aromatic carbocycles. The monoisotopic (exact) mass is 212 g/mol. The fourth-order valence-corrected chi connectivity index (χ4v) is 1.57. The van der Waals surface area contributed by atoms with E-state index in [4.69, 9.17) is 0 Å². The molecule has 15 heavy (non-hydrogen) atoms. The highest BCUT2D eigenvalue weighted by atomic mass is 15.1. The van der Waals surface area contributed by atoms with Gasteiger partial charge in [0, 0.05) is 12.6 Å². The molecule has 90 valence electrons. The summed E-state index contributed by atoms with van der Waals surface area (Å²) >= 11 is 0. The number of rotatable bonds is 8. The van der Waals surface area contributed by atoms with E-state index in [0.717, 1.165) is 25.6 Å². The van der Waals surface area contributed by atoms with Gasteiger partial charge in [0.1, 0.15) is 0 Å². The van der Waals surface area contributed by atoms with E-state index in [1.54, 1.807) is 0 Å². The van der Waals surface area contributed by atoms with Crippen molar-refractivity contribution in [2.75, 3.05) is 26.7 Å². The third kappa shape index (κ3) is 6.69. The van der Waals surface area contributed by atoms with Gasteiger partial charge >= 0.3 is 0 Å². The largest absolute Gasteiger partial charge is 0.316 e. The van der Waals surface area contributed by atoms with E-state index < -0.39 is 0 Å². The third-order valence-electron chi connectivity index (χ3n) is 2.95. The van der Waals surface area contributed by atoms with Gasteiger partial charge in [0.05, 0.1) is 0 Å². The lowest BCUT2D eigenvalue weighted by Crippen LogP contribution is -2.39. The molecule has 0 rings (SSSR count). The molecule has 0 amide bonds. The average molecular weight is 212 g/mol. The van der Waals surface area contributed by atoms with E-state index >= 15 is 0 Å².